The fourth-order valence-electron chi connectivity index (χ4n) is 8.99. The third kappa shape index (κ3) is 4.55. The molecule has 260 valence electrons. The van der Waals surface area contributed by atoms with E-state index in [1.165, 1.54) is 60.1 Å². The predicted octanol–water partition coefficient (Wildman–Crippen LogP) is 14.4. The zero-order valence-electron chi connectivity index (χ0n) is 30.3. The molecule has 1 aliphatic carbocycles. The molecular weight excluding hydrogens is 681 g/mol. The second-order valence-corrected chi connectivity index (χ2v) is 14.7. The summed E-state index contributed by atoms with van der Waals surface area (Å²) in [5.74, 6) is 1.45. The minimum absolute atomic E-state index is 0.624. The molecule has 1 aliphatic rings. The van der Waals surface area contributed by atoms with Crippen molar-refractivity contribution in [2.75, 3.05) is 0 Å². The van der Waals surface area contributed by atoms with E-state index in [2.05, 4.69) is 193 Å². The van der Waals surface area contributed by atoms with E-state index in [1.54, 1.807) is 0 Å². The van der Waals surface area contributed by atoms with Crippen LogP contribution < -0.4 is 0 Å². The highest BCUT2D eigenvalue weighted by atomic mass is 16.4. The molecule has 0 atom stereocenters. The van der Waals surface area contributed by atoms with Crippen LogP contribution >= 0.6 is 0 Å². The summed E-state index contributed by atoms with van der Waals surface area (Å²) in [5.41, 5.74) is 14.6. The number of rotatable bonds is 5. The lowest BCUT2D eigenvalue weighted by Gasteiger charge is -2.18. The second-order valence-electron chi connectivity index (χ2n) is 14.7. The van der Waals surface area contributed by atoms with Gasteiger partial charge in [0.2, 0.25) is 5.89 Å². The van der Waals surface area contributed by atoms with E-state index < -0.39 is 0 Å². The molecule has 0 unspecified atom stereocenters. The van der Waals surface area contributed by atoms with Crippen molar-refractivity contribution in [2.24, 2.45) is 0 Å². The van der Waals surface area contributed by atoms with E-state index in [0.29, 0.717) is 5.89 Å². The van der Waals surface area contributed by atoms with Crippen LogP contribution in [0.4, 0.5) is 0 Å². The average molecular weight is 713 g/mol. The molecule has 0 saturated carbocycles. The Hall–Kier alpha value is -7.49. The normalized spacial score (nSPS) is 11.9. The minimum Gasteiger partial charge on any atom is -0.435 e. The van der Waals surface area contributed by atoms with Crippen LogP contribution in [0.25, 0.3) is 116 Å². The summed E-state index contributed by atoms with van der Waals surface area (Å²) in [7, 11) is 0. The molecule has 0 radical (unpaired) electrons. The first-order valence-corrected chi connectivity index (χ1v) is 19.1. The number of nitrogens with zero attached hydrogens (tertiary/aromatic N) is 2. The maximum Gasteiger partial charge on any atom is 0.227 e. The Labute approximate surface area is 323 Å². The predicted molar refractivity (Wildman–Crippen MR) is 232 cm³/mol. The first kappa shape index (κ1) is 30.9. The number of benzene rings is 9. The van der Waals surface area contributed by atoms with Gasteiger partial charge < -0.3 is 8.98 Å². The fraction of sp³-hybridized carbons (Fsp3) is 0. The largest absolute Gasteiger partial charge is 0.435 e. The number of hydrogen-bond donors (Lipinski definition) is 0. The molecule has 0 saturated heterocycles. The Balaban J connectivity index is 1.14. The van der Waals surface area contributed by atoms with E-state index in [-0.39, 0.29) is 0 Å². The van der Waals surface area contributed by atoms with Gasteiger partial charge in [-0.25, -0.2) is 4.98 Å². The molecule has 9 aromatic carbocycles. The van der Waals surface area contributed by atoms with Crippen molar-refractivity contribution in [3.8, 4) is 73.1 Å². The van der Waals surface area contributed by atoms with Gasteiger partial charge in [0.25, 0.3) is 0 Å². The quantitative estimate of drug-likeness (QED) is 0.166. The maximum atomic E-state index is 6.81. The molecule has 2 heterocycles. The Morgan fingerprint density at radius 1 is 0.375 bits per heavy atom. The molecule has 0 N–H and O–H groups in total. The van der Waals surface area contributed by atoms with Gasteiger partial charge in [0.1, 0.15) is 5.69 Å². The first-order chi connectivity index (χ1) is 27.8. The summed E-state index contributed by atoms with van der Waals surface area (Å²) in [5, 5.41) is 7.20. The van der Waals surface area contributed by atoms with Crippen LogP contribution in [0.15, 0.2) is 199 Å². The van der Waals surface area contributed by atoms with E-state index in [0.717, 1.165) is 50.4 Å². The number of hydrogen-bond acceptors (Lipinski definition) is 2. The van der Waals surface area contributed by atoms with Crippen LogP contribution in [-0.2, 0) is 0 Å². The van der Waals surface area contributed by atoms with Crippen LogP contribution in [0.5, 0.6) is 0 Å². The maximum absolute atomic E-state index is 6.81. The van der Waals surface area contributed by atoms with Crippen LogP contribution in [0.1, 0.15) is 0 Å². The molecule has 0 aliphatic heterocycles. The number of aromatic nitrogens is 2. The zero-order valence-corrected chi connectivity index (χ0v) is 30.3. The monoisotopic (exact) mass is 712 g/mol. The third-order valence-corrected chi connectivity index (χ3v) is 11.6. The van der Waals surface area contributed by atoms with Gasteiger partial charge in [0, 0.05) is 38.2 Å². The summed E-state index contributed by atoms with van der Waals surface area (Å²) < 4.78 is 9.30. The van der Waals surface area contributed by atoms with Gasteiger partial charge in [-0.3, -0.25) is 0 Å². The van der Waals surface area contributed by atoms with Crippen LogP contribution in [0.3, 0.4) is 0 Å². The van der Waals surface area contributed by atoms with Crippen LogP contribution in [0, 0.1) is 0 Å². The zero-order chi connectivity index (χ0) is 36.7. The Kier molecular flexibility index (Phi) is 6.63. The molecule has 56 heavy (non-hydrogen) atoms. The summed E-state index contributed by atoms with van der Waals surface area (Å²) in [6, 6.07) is 69.6. The summed E-state index contributed by atoms with van der Waals surface area (Å²) in [4.78, 5) is 5.37. The highest BCUT2D eigenvalue weighted by molar-refractivity contribution is 6.27. The Morgan fingerprint density at radius 3 is 1.46 bits per heavy atom. The van der Waals surface area contributed by atoms with E-state index in [9.17, 15) is 0 Å². The fourth-order valence-corrected chi connectivity index (χ4v) is 8.99. The molecule has 0 bridgehead atoms. The summed E-state index contributed by atoms with van der Waals surface area (Å²) in [6.45, 7) is 0. The highest BCUT2D eigenvalue weighted by Crippen LogP contribution is 2.54. The lowest BCUT2D eigenvalue weighted by Crippen LogP contribution is -1.99. The van der Waals surface area contributed by atoms with Gasteiger partial charge in [-0.05, 0) is 80.6 Å². The topological polar surface area (TPSA) is 31.0 Å². The summed E-state index contributed by atoms with van der Waals surface area (Å²) >= 11 is 0. The molecular formula is C53H32N2O. The van der Waals surface area contributed by atoms with Gasteiger partial charge in [-0.2, -0.15) is 0 Å². The average Bonchev–Trinajstić information content (AvgIpc) is 3.95. The van der Waals surface area contributed by atoms with Gasteiger partial charge in [-0.1, -0.05) is 158 Å². The molecule has 0 spiro atoms. The molecule has 3 nitrogen and oxygen atoms in total. The first-order valence-electron chi connectivity index (χ1n) is 19.1. The SMILES string of the molecule is c1ccc(-c2ccc(-c3nc4c(o3)-c3cccc5c3c-4c(-n3c4ccc(-c6ccccc6)cc4c4cc(-c6ccccc6)ccc43)c3ccccc35)cc2)cc1. The number of fused-ring (bicyclic) bond motifs is 8. The lowest BCUT2D eigenvalue weighted by atomic mass is 9.94. The molecule has 3 heteroatoms. The van der Waals surface area contributed by atoms with Crippen molar-refractivity contribution in [2.45, 2.75) is 0 Å². The highest BCUT2D eigenvalue weighted by Gasteiger charge is 2.33. The Bertz CT molecular complexity index is 3220. The third-order valence-electron chi connectivity index (χ3n) is 11.6. The molecule has 2 aromatic heterocycles. The summed E-state index contributed by atoms with van der Waals surface area (Å²) in [6.07, 6.45) is 0. The lowest BCUT2D eigenvalue weighted by molar-refractivity contribution is 0.590. The smallest absolute Gasteiger partial charge is 0.227 e. The van der Waals surface area contributed by atoms with Gasteiger partial charge in [-0.15, -0.1) is 0 Å². The molecule has 11 aromatic rings. The molecule has 12 rings (SSSR count). The van der Waals surface area contributed by atoms with Crippen LogP contribution in [0.2, 0.25) is 0 Å². The van der Waals surface area contributed by atoms with Gasteiger partial charge in [0.05, 0.1) is 16.7 Å². The van der Waals surface area contributed by atoms with Crippen molar-refractivity contribution >= 4 is 43.4 Å². The van der Waals surface area contributed by atoms with Crippen molar-refractivity contribution in [1.82, 2.24) is 9.55 Å². The minimum atomic E-state index is 0.624. The van der Waals surface area contributed by atoms with Crippen LogP contribution in [-0.4, -0.2) is 9.55 Å². The van der Waals surface area contributed by atoms with Crippen molar-refractivity contribution in [1.29, 1.82) is 0 Å². The number of oxazole rings is 1. The van der Waals surface area contributed by atoms with E-state index in [4.69, 9.17) is 9.40 Å². The second kappa shape index (κ2) is 12.0. The van der Waals surface area contributed by atoms with Crippen molar-refractivity contribution in [3.63, 3.8) is 0 Å². The van der Waals surface area contributed by atoms with E-state index in [1.807, 2.05) is 6.07 Å². The molecule has 0 fully saturated rings. The standard InChI is InChI=1S/C53H32N2O/c1-4-13-33(14-5-1)36-23-25-37(26-24-36)53-54-50-49-48-41(21-12-22-43(48)52(50)56-53)40-19-10-11-20-42(40)51(49)55-46-29-27-38(34-15-6-2-7-16-34)31-44(46)45-32-39(28-30-47(45)55)35-17-8-3-9-18-35/h1-32H. The van der Waals surface area contributed by atoms with Gasteiger partial charge >= 0.3 is 0 Å². The van der Waals surface area contributed by atoms with E-state index >= 15 is 0 Å². The van der Waals surface area contributed by atoms with Crippen molar-refractivity contribution < 1.29 is 4.42 Å². The molecule has 0 amide bonds. The Morgan fingerprint density at radius 2 is 0.857 bits per heavy atom. The van der Waals surface area contributed by atoms with Gasteiger partial charge in [0.15, 0.2) is 5.76 Å². The van der Waals surface area contributed by atoms with Crippen molar-refractivity contribution in [3.05, 3.63) is 194 Å².